The third kappa shape index (κ3) is 2.13. The van der Waals surface area contributed by atoms with Crippen molar-refractivity contribution in [1.82, 2.24) is 24.1 Å². The van der Waals surface area contributed by atoms with E-state index in [2.05, 4.69) is 4.98 Å². The summed E-state index contributed by atoms with van der Waals surface area (Å²) in [6.45, 7) is -0.427. The van der Waals surface area contributed by atoms with Gasteiger partial charge in [0, 0.05) is 14.1 Å². The summed E-state index contributed by atoms with van der Waals surface area (Å²) in [5.41, 5.74) is 1.21. The molecule has 0 saturated heterocycles. The van der Waals surface area contributed by atoms with Gasteiger partial charge in [-0.25, -0.2) is 20.2 Å². The van der Waals surface area contributed by atoms with Crippen LogP contribution in [-0.2, 0) is 25.4 Å². The topological polar surface area (TPSA) is 148 Å². The molecule has 0 aliphatic heterocycles. The highest BCUT2D eigenvalue weighted by atomic mass is 16.2. The summed E-state index contributed by atoms with van der Waals surface area (Å²) in [6.07, 6.45) is 1.43. The van der Waals surface area contributed by atoms with Crippen molar-refractivity contribution in [2.24, 2.45) is 19.9 Å². The molecule has 0 aliphatic carbocycles. The first kappa shape index (κ1) is 14.6. The Morgan fingerprint density at radius 3 is 2.63 bits per heavy atom. The fourth-order valence-electron chi connectivity index (χ4n) is 1.72. The third-order valence-electron chi connectivity index (χ3n) is 2.66. The second-order valence-corrected chi connectivity index (χ2v) is 3.83. The number of hydrazine groups is 1. The van der Waals surface area contributed by atoms with Gasteiger partial charge in [0.2, 0.25) is 0 Å². The second kappa shape index (κ2) is 5.04. The van der Waals surface area contributed by atoms with Crippen molar-refractivity contribution in [3.05, 3.63) is 27.2 Å². The van der Waals surface area contributed by atoms with Crippen molar-refractivity contribution in [1.29, 1.82) is 0 Å². The predicted molar refractivity (Wildman–Crippen MR) is 66.2 cm³/mol. The number of nitrogens with two attached hydrogens (primary N) is 1. The summed E-state index contributed by atoms with van der Waals surface area (Å²) in [4.78, 5) is 39.2. The van der Waals surface area contributed by atoms with Gasteiger partial charge in [-0.2, -0.15) is 0 Å². The van der Waals surface area contributed by atoms with Crippen molar-refractivity contribution in [2.75, 3.05) is 0 Å². The van der Waals surface area contributed by atoms with Gasteiger partial charge in [-0.15, -0.1) is 0 Å². The molecule has 0 aliphatic rings. The number of imidazole rings is 1. The van der Waals surface area contributed by atoms with Gasteiger partial charge >= 0.3 is 5.69 Å². The number of carbonyl (C=O) groups is 1. The Labute approximate surface area is 106 Å². The number of aromatic nitrogens is 4. The van der Waals surface area contributed by atoms with Crippen molar-refractivity contribution in [3.63, 3.8) is 0 Å². The number of carbonyl (C=O) groups excluding carboxylic acids is 1. The smallest absolute Gasteiger partial charge is 0.332 e. The fraction of sp³-hybridized carbons (Fsp3) is 0.333. The van der Waals surface area contributed by atoms with E-state index in [1.54, 1.807) is 7.05 Å². The maximum atomic E-state index is 12.1. The Balaban J connectivity index is 0.00000180. The first-order valence-corrected chi connectivity index (χ1v) is 5.07. The molecule has 2 aromatic rings. The average molecular weight is 270 g/mol. The van der Waals surface area contributed by atoms with Crippen molar-refractivity contribution in [2.45, 2.75) is 6.54 Å². The average Bonchev–Trinajstić information content (AvgIpc) is 2.74. The second-order valence-electron chi connectivity index (χ2n) is 3.83. The number of fused-ring (bicyclic) bond motifs is 1. The monoisotopic (exact) mass is 270 g/mol. The molecule has 0 radical (unpaired) electrons. The summed E-state index contributed by atoms with van der Waals surface area (Å²) < 4.78 is 3.51. The number of aryl methyl sites for hydroxylation is 2. The molecule has 2 aromatic heterocycles. The van der Waals surface area contributed by atoms with Gasteiger partial charge in [0.15, 0.2) is 11.2 Å². The maximum absolute atomic E-state index is 12.1. The van der Waals surface area contributed by atoms with E-state index >= 15 is 0 Å². The minimum absolute atomic E-state index is 0. The molecule has 0 atom stereocenters. The zero-order chi connectivity index (χ0) is 13.4. The number of hydrogen-bond donors (Lipinski definition) is 2. The lowest BCUT2D eigenvalue weighted by Gasteiger charge is -2.07. The highest BCUT2D eigenvalue weighted by Crippen LogP contribution is 2.02. The Morgan fingerprint density at radius 1 is 1.42 bits per heavy atom. The lowest BCUT2D eigenvalue weighted by atomic mass is 10.4. The summed E-state index contributed by atoms with van der Waals surface area (Å²) >= 11 is 0. The van der Waals surface area contributed by atoms with Gasteiger partial charge in [-0.3, -0.25) is 19.6 Å². The summed E-state index contributed by atoms with van der Waals surface area (Å²) in [5.74, 6) is 4.31. The quantitative estimate of drug-likeness (QED) is 0.331. The Bertz CT molecular complexity index is 739. The number of hydrogen-bond acceptors (Lipinski definition) is 5. The van der Waals surface area contributed by atoms with Crippen LogP contribution in [0.4, 0.5) is 0 Å². The van der Waals surface area contributed by atoms with E-state index in [-0.39, 0.29) is 16.6 Å². The lowest BCUT2D eigenvalue weighted by molar-refractivity contribution is -0.121. The summed E-state index contributed by atoms with van der Waals surface area (Å²) in [7, 11) is 3.11. The van der Waals surface area contributed by atoms with Crippen molar-refractivity contribution >= 4 is 17.1 Å². The molecule has 0 aromatic carbocycles. The number of nitrogens with one attached hydrogen (secondary N) is 1. The Kier molecular flexibility index (Phi) is 3.87. The first-order chi connectivity index (χ1) is 8.47. The standard InChI is InChI=1S/C9H12N6O3.H2O/c1-13-4-11-7-6(13)8(17)15(3-5(16)12-10)9(18)14(7)2;/h4H,3,10H2,1-2H3,(H,12,16);1H2. The minimum Gasteiger partial charge on any atom is -0.412 e. The van der Waals surface area contributed by atoms with Crippen LogP contribution in [-0.4, -0.2) is 30.1 Å². The lowest BCUT2D eigenvalue weighted by Crippen LogP contribution is -2.44. The molecular formula is C9H14N6O4. The molecule has 10 heteroatoms. The van der Waals surface area contributed by atoms with Crippen LogP contribution in [0.5, 0.6) is 0 Å². The first-order valence-electron chi connectivity index (χ1n) is 5.07. The van der Waals surface area contributed by atoms with E-state index in [4.69, 9.17) is 5.84 Å². The minimum atomic E-state index is -0.629. The van der Waals surface area contributed by atoms with Crippen LogP contribution < -0.4 is 22.5 Å². The third-order valence-corrected chi connectivity index (χ3v) is 2.66. The molecule has 0 unspecified atom stereocenters. The maximum Gasteiger partial charge on any atom is 0.332 e. The van der Waals surface area contributed by atoms with Crippen LogP contribution in [0.2, 0.25) is 0 Å². The molecule has 0 bridgehead atoms. The van der Waals surface area contributed by atoms with E-state index in [0.717, 1.165) is 4.57 Å². The van der Waals surface area contributed by atoms with Crippen molar-refractivity contribution in [3.8, 4) is 0 Å². The van der Waals surface area contributed by atoms with Crippen LogP contribution in [0.1, 0.15) is 0 Å². The molecule has 5 N–H and O–H groups in total. The summed E-state index contributed by atoms with van der Waals surface area (Å²) in [6, 6.07) is 0. The Hall–Kier alpha value is -2.46. The van der Waals surface area contributed by atoms with E-state index in [1.165, 1.54) is 22.5 Å². The van der Waals surface area contributed by atoms with Gasteiger partial charge in [0.1, 0.15) is 6.54 Å². The molecule has 0 saturated carbocycles. The largest absolute Gasteiger partial charge is 0.412 e. The van der Waals surface area contributed by atoms with Gasteiger partial charge in [0.05, 0.1) is 6.33 Å². The molecule has 2 heterocycles. The van der Waals surface area contributed by atoms with Gasteiger partial charge in [0.25, 0.3) is 11.5 Å². The fourth-order valence-corrected chi connectivity index (χ4v) is 1.72. The van der Waals surface area contributed by atoms with Gasteiger partial charge in [-0.05, 0) is 0 Å². The van der Waals surface area contributed by atoms with Gasteiger partial charge < -0.3 is 10.0 Å². The molecule has 2 rings (SSSR count). The highest BCUT2D eigenvalue weighted by molar-refractivity contribution is 5.75. The number of amides is 1. The molecule has 1 amide bonds. The number of nitrogens with zero attached hydrogens (tertiary/aromatic N) is 4. The summed E-state index contributed by atoms with van der Waals surface area (Å²) in [5, 5.41) is 0. The van der Waals surface area contributed by atoms with Crippen LogP contribution in [0, 0.1) is 0 Å². The van der Waals surface area contributed by atoms with Crippen molar-refractivity contribution < 1.29 is 10.3 Å². The zero-order valence-corrected chi connectivity index (χ0v) is 10.4. The van der Waals surface area contributed by atoms with Crippen LogP contribution in [0.15, 0.2) is 15.9 Å². The normalized spacial score (nSPS) is 10.3. The van der Waals surface area contributed by atoms with Gasteiger partial charge in [-0.1, -0.05) is 0 Å². The van der Waals surface area contributed by atoms with Crippen LogP contribution >= 0.6 is 0 Å². The number of rotatable bonds is 2. The molecule has 104 valence electrons. The van der Waals surface area contributed by atoms with Crippen LogP contribution in [0.25, 0.3) is 11.2 Å². The van der Waals surface area contributed by atoms with E-state index in [0.29, 0.717) is 0 Å². The predicted octanol–water partition coefficient (Wildman–Crippen LogP) is -3.40. The van der Waals surface area contributed by atoms with E-state index in [1.807, 2.05) is 5.43 Å². The molecule has 0 spiro atoms. The molecule has 0 fully saturated rings. The molecule has 10 nitrogen and oxygen atoms in total. The zero-order valence-electron chi connectivity index (χ0n) is 10.4. The molecular weight excluding hydrogens is 256 g/mol. The van der Waals surface area contributed by atoms with E-state index < -0.39 is 23.7 Å². The Morgan fingerprint density at radius 2 is 2.05 bits per heavy atom. The SMILES string of the molecule is Cn1cnc2c1c(=O)n(CC(=O)NN)c(=O)n2C.O. The van der Waals surface area contributed by atoms with Crippen LogP contribution in [0.3, 0.4) is 0 Å². The highest BCUT2D eigenvalue weighted by Gasteiger charge is 2.16. The molecule has 19 heavy (non-hydrogen) atoms. The van der Waals surface area contributed by atoms with E-state index in [9.17, 15) is 14.4 Å².